The molecule has 5 rings (SSSR count). The Balaban J connectivity index is 1.52. The average molecular weight is 275 g/mol. The molecule has 0 aliphatic heterocycles. The number of hydrogen-bond acceptors (Lipinski definition) is 3. The summed E-state index contributed by atoms with van der Waals surface area (Å²) in [6, 6.07) is -0.340. The van der Waals surface area contributed by atoms with Gasteiger partial charge in [-0.15, -0.1) is 0 Å². The number of nitrogens with two attached hydrogens (primary N) is 1. The highest BCUT2D eigenvalue weighted by atomic mass is 16.3. The Morgan fingerprint density at radius 2 is 1.85 bits per heavy atom. The first-order valence-corrected chi connectivity index (χ1v) is 8.04. The van der Waals surface area contributed by atoms with Crippen LogP contribution < -0.4 is 5.73 Å². The third-order valence-corrected chi connectivity index (χ3v) is 5.91. The molecule has 4 saturated carbocycles. The van der Waals surface area contributed by atoms with Gasteiger partial charge in [0, 0.05) is 12.7 Å². The molecular formula is C16H25N3O. The van der Waals surface area contributed by atoms with Crippen LogP contribution in [0.1, 0.15) is 50.3 Å². The number of rotatable bonds is 4. The summed E-state index contributed by atoms with van der Waals surface area (Å²) in [5.74, 6) is 2.97. The van der Waals surface area contributed by atoms with Gasteiger partial charge in [-0.3, -0.25) is 0 Å². The molecule has 1 aromatic heterocycles. The average Bonchev–Trinajstić information content (AvgIpc) is 2.83. The van der Waals surface area contributed by atoms with Crippen LogP contribution in [-0.4, -0.2) is 21.3 Å². The zero-order valence-electron chi connectivity index (χ0n) is 12.0. The summed E-state index contributed by atoms with van der Waals surface area (Å²) >= 11 is 0. The molecule has 0 spiro atoms. The highest BCUT2D eigenvalue weighted by molar-refractivity contribution is 5.06. The van der Waals surface area contributed by atoms with Gasteiger partial charge >= 0.3 is 0 Å². The zero-order chi connectivity index (χ0) is 13.7. The van der Waals surface area contributed by atoms with Crippen molar-refractivity contribution in [2.24, 2.45) is 28.9 Å². The van der Waals surface area contributed by atoms with Crippen molar-refractivity contribution in [1.82, 2.24) is 9.55 Å². The van der Waals surface area contributed by atoms with Gasteiger partial charge in [0.05, 0.1) is 24.7 Å². The normalized spacial score (nSPS) is 40.2. The smallest absolute Gasteiger partial charge is 0.0950 e. The molecule has 1 aromatic rings. The van der Waals surface area contributed by atoms with Crippen LogP contribution in [0.2, 0.25) is 0 Å². The lowest BCUT2D eigenvalue weighted by molar-refractivity contribution is -0.0619. The first-order valence-electron chi connectivity index (χ1n) is 8.04. The molecule has 4 bridgehead atoms. The minimum atomic E-state index is -0.340. The first kappa shape index (κ1) is 12.8. The monoisotopic (exact) mass is 275 g/mol. The van der Waals surface area contributed by atoms with E-state index in [1.165, 1.54) is 38.5 Å². The number of aliphatic hydroxyl groups excluding tert-OH is 1. The molecule has 4 nitrogen and oxygen atoms in total. The van der Waals surface area contributed by atoms with Crippen molar-refractivity contribution in [3.05, 3.63) is 18.2 Å². The van der Waals surface area contributed by atoms with Crippen LogP contribution in [0.25, 0.3) is 0 Å². The van der Waals surface area contributed by atoms with Crippen molar-refractivity contribution in [2.75, 3.05) is 6.61 Å². The van der Waals surface area contributed by atoms with E-state index < -0.39 is 0 Å². The number of aliphatic hydroxyl groups is 1. The second-order valence-corrected chi connectivity index (χ2v) is 7.68. The standard InChI is InChI=1S/C16H25N3O/c17-14(8-20)15-7-19(10-18-15)9-16-4-11-1-12(5-16)3-13(2-11)6-16/h7,10-14,20H,1-6,8-9,17H2. The third kappa shape index (κ3) is 2.09. The van der Waals surface area contributed by atoms with Gasteiger partial charge in [0.2, 0.25) is 0 Å². The van der Waals surface area contributed by atoms with Gasteiger partial charge in [0.15, 0.2) is 0 Å². The topological polar surface area (TPSA) is 64.1 Å². The molecule has 4 aliphatic carbocycles. The molecule has 110 valence electrons. The highest BCUT2D eigenvalue weighted by Gasteiger charge is 2.50. The summed E-state index contributed by atoms with van der Waals surface area (Å²) in [6.45, 7) is 1.07. The Morgan fingerprint density at radius 3 is 2.40 bits per heavy atom. The van der Waals surface area contributed by atoms with Crippen LogP contribution in [0.3, 0.4) is 0 Å². The summed E-state index contributed by atoms with van der Waals surface area (Å²) in [7, 11) is 0. The van der Waals surface area contributed by atoms with Crippen LogP contribution in [0.15, 0.2) is 12.5 Å². The molecule has 1 heterocycles. The zero-order valence-corrected chi connectivity index (χ0v) is 12.0. The molecule has 1 unspecified atom stereocenters. The van der Waals surface area contributed by atoms with Gasteiger partial charge in [0.1, 0.15) is 0 Å². The van der Waals surface area contributed by atoms with Crippen LogP contribution in [0, 0.1) is 23.2 Å². The number of nitrogens with zero attached hydrogens (tertiary/aromatic N) is 2. The summed E-state index contributed by atoms with van der Waals surface area (Å²) in [5, 5.41) is 9.13. The molecular weight excluding hydrogens is 250 g/mol. The Morgan fingerprint density at radius 1 is 1.25 bits per heavy atom. The van der Waals surface area contributed by atoms with Gasteiger partial charge in [-0.1, -0.05) is 0 Å². The molecule has 0 radical (unpaired) electrons. The molecule has 4 fully saturated rings. The lowest BCUT2D eigenvalue weighted by Crippen LogP contribution is -2.47. The van der Waals surface area contributed by atoms with Crippen molar-refractivity contribution >= 4 is 0 Å². The van der Waals surface area contributed by atoms with E-state index in [1.54, 1.807) is 0 Å². The van der Waals surface area contributed by atoms with Crippen molar-refractivity contribution in [3.63, 3.8) is 0 Å². The highest BCUT2D eigenvalue weighted by Crippen LogP contribution is 2.60. The maximum Gasteiger partial charge on any atom is 0.0950 e. The summed E-state index contributed by atoms with van der Waals surface area (Å²) < 4.78 is 2.22. The number of aromatic nitrogens is 2. The largest absolute Gasteiger partial charge is 0.394 e. The summed E-state index contributed by atoms with van der Waals surface area (Å²) in [5.41, 5.74) is 7.18. The fourth-order valence-electron chi connectivity index (χ4n) is 5.62. The van der Waals surface area contributed by atoms with E-state index in [-0.39, 0.29) is 12.6 Å². The molecule has 3 N–H and O–H groups in total. The minimum Gasteiger partial charge on any atom is -0.394 e. The van der Waals surface area contributed by atoms with Crippen molar-refractivity contribution in [3.8, 4) is 0 Å². The van der Waals surface area contributed by atoms with Crippen LogP contribution in [0.4, 0.5) is 0 Å². The maximum atomic E-state index is 9.13. The molecule has 0 aromatic carbocycles. The lowest BCUT2D eigenvalue weighted by Gasteiger charge is -2.57. The molecule has 1 atom stereocenters. The van der Waals surface area contributed by atoms with Crippen LogP contribution in [0.5, 0.6) is 0 Å². The van der Waals surface area contributed by atoms with E-state index in [4.69, 9.17) is 10.8 Å². The van der Waals surface area contributed by atoms with Gasteiger partial charge < -0.3 is 15.4 Å². The molecule has 4 aliphatic rings. The SMILES string of the molecule is NC(CO)c1cn(CC23CC4CC(CC(C4)C2)C3)cn1. The number of imidazole rings is 1. The third-order valence-electron chi connectivity index (χ3n) is 5.91. The second kappa shape index (κ2) is 4.57. The summed E-state index contributed by atoms with van der Waals surface area (Å²) in [4.78, 5) is 4.36. The van der Waals surface area contributed by atoms with Gasteiger partial charge in [0.25, 0.3) is 0 Å². The lowest BCUT2D eigenvalue weighted by atomic mass is 9.49. The Bertz CT molecular complexity index is 460. The molecule has 4 heteroatoms. The van der Waals surface area contributed by atoms with Gasteiger partial charge in [-0.05, 0) is 61.7 Å². The minimum absolute atomic E-state index is 0.0334. The quantitative estimate of drug-likeness (QED) is 0.884. The predicted octanol–water partition coefficient (Wildman–Crippen LogP) is 2.09. The van der Waals surface area contributed by atoms with E-state index in [9.17, 15) is 0 Å². The van der Waals surface area contributed by atoms with E-state index in [1.807, 2.05) is 12.5 Å². The van der Waals surface area contributed by atoms with E-state index in [0.29, 0.717) is 5.41 Å². The van der Waals surface area contributed by atoms with Gasteiger partial charge in [-0.2, -0.15) is 0 Å². The summed E-state index contributed by atoms with van der Waals surface area (Å²) in [6.07, 6.45) is 12.7. The van der Waals surface area contributed by atoms with Crippen molar-refractivity contribution in [1.29, 1.82) is 0 Å². The van der Waals surface area contributed by atoms with Crippen molar-refractivity contribution in [2.45, 2.75) is 51.1 Å². The van der Waals surface area contributed by atoms with E-state index in [2.05, 4.69) is 9.55 Å². The van der Waals surface area contributed by atoms with Crippen LogP contribution >= 0.6 is 0 Å². The molecule has 20 heavy (non-hydrogen) atoms. The van der Waals surface area contributed by atoms with E-state index in [0.717, 1.165) is 30.0 Å². The Hall–Kier alpha value is -0.870. The first-order chi connectivity index (χ1) is 9.66. The second-order valence-electron chi connectivity index (χ2n) is 7.68. The fraction of sp³-hybridized carbons (Fsp3) is 0.812. The van der Waals surface area contributed by atoms with Crippen molar-refractivity contribution < 1.29 is 5.11 Å². The van der Waals surface area contributed by atoms with Gasteiger partial charge in [-0.25, -0.2) is 4.98 Å². The van der Waals surface area contributed by atoms with E-state index >= 15 is 0 Å². The molecule has 0 saturated heterocycles. The number of hydrogen-bond donors (Lipinski definition) is 2. The Labute approximate surface area is 120 Å². The molecule has 0 amide bonds. The maximum absolute atomic E-state index is 9.13. The predicted molar refractivity (Wildman–Crippen MR) is 76.8 cm³/mol. The van der Waals surface area contributed by atoms with Crippen LogP contribution in [-0.2, 0) is 6.54 Å². The Kier molecular flexibility index (Phi) is 2.93. The fourth-order valence-corrected chi connectivity index (χ4v) is 5.62.